The highest BCUT2D eigenvalue weighted by Gasteiger charge is 2.11. The number of aliphatic hydroxyl groups is 1. The Morgan fingerprint density at radius 2 is 2.31 bits per heavy atom. The largest absolute Gasteiger partial charge is 0.388 e. The molecule has 0 spiro atoms. The van der Waals surface area contributed by atoms with Crippen LogP contribution in [0.2, 0.25) is 0 Å². The van der Waals surface area contributed by atoms with Crippen molar-refractivity contribution in [1.29, 1.82) is 0 Å². The number of nitrogens with zero attached hydrogens (tertiary/aromatic N) is 1. The van der Waals surface area contributed by atoms with Crippen molar-refractivity contribution in [3.8, 4) is 0 Å². The first-order chi connectivity index (χ1) is 5.88. The molecular formula is C7H11NO3S2. The van der Waals surface area contributed by atoms with Crippen molar-refractivity contribution >= 4 is 21.2 Å². The maximum absolute atomic E-state index is 10.9. The lowest BCUT2D eigenvalue weighted by atomic mass is 10.4. The molecule has 1 aromatic rings. The van der Waals surface area contributed by atoms with Gasteiger partial charge in [0.15, 0.2) is 9.84 Å². The van der Waals surface area contributed by atoms with Gasteiger partial charge in [0.05, 0.1) is 11.0 Å². The molecule has 1 heterocycles. The third-order valence-electron chi connectivity index (χ3n) is 1.37. The lowest BCUT2D eigenvalue weighted by molar-refractivity contribution is 0.203. The van der Waals surface area contributed by atoms with Crippen LogP contribution in [0.5, 0.6) is 0 Å². The van der Waals surface area contributed by atoms with E-state index in [1.165, 1.54) is 17.5 Å². The zero-order valence-corrected chi connectivity index (χ0v) is 9.02. The average Bonchev–Trinajstić information content (AvgIpc) is 2.31. The van der Waals surface area contributed by atoms with Crippen molar-refractivity contribution in [2.45, 2.75) is 18.8 Å². The molecule has 0 radical (unpaired) electrons. The molecule has 0 saturated carbocycles. The summed E-state index contributed by atoms with van der Waals surface area (Å²) in [5, 5.41) is 9.68. The molecule has 0 aliphatic rings. The van der Waals surface area contributed by atoms with Gasteiger partial charge in [-0.1, -0.05) is 0 Å². The Labute approximate surface area is 81.2 Å². The summed E-state index contributed by atoms with van der Waals surface area (Å²) in [6.07, 6.45) is 2.09. The highest BCUT2D eigenvalue weighted by molar-refractivity contribution is 7.90. The van der Waals surface area contributed by atoms with E-state index in [0.29, 0.717) is 9.88 Å². The minimum Gasteiger partial charge on any atom is -0.388 e. The predicted molar refractivity (Wildman–Crippen MR) is 51.3 cm³/mol. The third-order valence-corrected chi connectivity index (χ3v) is 3.52. The van der Waals surface area contributed by atoms with Crippen LogP contribution in [0.4, 0.5) is 0 Å². The topological polar surface area (TPSA) is 67.3 Å². The zero-order valence-electron chi connectivity index (χ0n) is 7.39. The Kier molecular flexibility index (Phi) is 3.05. The van der Waals surface area contributed by atoms with Crippen molar-refractivity contribution < 1.29 is 13.5 Å². The number of hydrogen-bond acceptors (Lipinski definition) is 5. The van der Waals surface area contributed by atoms with Gasteiger partial charge in [-0.25, -0.2) is 13.4 Å². The predicted octanol–water partition coefficient (Wildman–Crippen LogP) is 0.741. The molecule has 1 aromatic heterocycles. The van der Waals surface area contributed by atoms with Crippen molar-refractivity contribution in [2.24, 2.45) is 0 Å². The maximum atomic E-state index is 10.9. The second kappa shape index (κ2) is 3.73. The van der Waals surface area contributed by atoms with Crippen LogP contribution in [0, 0.1) is 0 Å². The number of rotatable bonds is 3. The minimum atomic E-state index is -3.02. The molecular weight excluding hydrogens is 210 g/mol. The molecule has 0 bridgehead atoms. The molecule has 6 heteroatoms. The molecule has 0 aliphatic carbocycles. The van der Waals surface area contributed by atoms with Gasteiger partial charge in [-0.3, -0.25) is 0 Å². The van der Waals surface area contributed by atoms with Gasteiger partial charge in [0.2, 0.25) is 0 Å². The van der Waals surface area contributed by atoms with Gasteiger partial charge in [-0.2, -0.15) is 0 Å². The number of aromatic nitrogens is 1. The fourth-order valence-corrected chi connectivity index (χ4v) is 2.86. The van der Waals surface area contributed by atoms with E-state index in [1.54, 1.807) is 6.92 Å². The standard InChI is InChI=1S/C7H11NO3S2/c1-5(9)6-3-8-7(12-6)4-13(2,10)11/h3,5,9H,4H2,1-2H3. The van der Waals surface area contributed by atoms with E-state index in [4.69, 9.17) is 5.11 Å². The van der Waals surface area contributed by atoms with Gasteiger partial charge >= 0.3 is 0 Å². The lowest BCUT2D eigenvalue weighted by Gasteiger charge is -1.95. The van der Waals surface area contributed by atoms with Gasteiger partial charge < -0.3 is 5.11 Å². The van der Waals surface area contributed by atoms with Gasteiger partial charge in [-0.15, -0.1) is 11.3 Å². The second-order valence-corrected chi connectivity index (χ2v) is 6.19. The van der Waals surface area contributed by atoms with E-state index in [-0.39, 0.29) is 5.75 Å². The summed E-state index contributed by atoms with van der Waals surface area (Å²) in [7, 11) is -3.02. The van der Waals surface area contributed by atoms with Crippen molar-refractivity contribution in [3.05, 3.63) is 16.1 Å². The molecule has 0 amide bonds. The Morgan fingerprint density at radius 3 is 2.69 bits per heavy atom. The van der Waals surface area contributed by atoms with E-state index < -0.39 is 15.9 Å². The SMILES string of the molecule is CC(O)c1cnc(CS(C)(=O)=O)s1. The molecule has 0 fully saturated rings. The second-order valence-electron chi connectivity index (χ2n) is 2.90. The molecule has 1 N–H and O–H groups in total. The van der Waals surface area contributed by atoms with Gasteiger partial charge in [-0.05, 0) is 6.92 Å². The van der Waals surface area contributed by atoms with Crippen molar-refractivity contribution in [3.63, 3.8) is 0 Å². The van der Waals surface area contributed by atoms with Crippen LogP contribution >= 0.6 is 11.3 Å². The van der Waals surface area contributed by atoms with Crippen LogP contribution in [0.15, 0.2) is 6.20 Å². The first-order valence-corrected chi connectivity index (χ1v) is 6.56. The van der Waals surface area contributed by atoms with Crippen LogP contribution in [-0.2, 0) is 15.6 Å². The molecule has 74 valence electrons. The first kappa shape index (κ1) is 10.6. The average molecular weight is 221 g/mol. The van der Waals surface area contributed by atoms with E-state index in [1.807, 2.05) is 0 Å². The Morgan fingerprint density at radius 1 is 1.69 bits per heavy atom. The van der Waals surface area contributed by atoms with Crippen LogP contribution in [0.25, 0.3) is 0 Å². The van der Waals surface area contributed by atoms with Gasteiger partial charge in [0.1, 0.15) is 10.8 Å². The normalized spacial score (nSPS) is 14.4. The van der Waals surface area contributed by atoms with Crippen LogP contribution in [-0.4, -0.2) is 24.8 Å². The van der Waals surface area contributed by atoms with Gasteiger partial charge in [0.25, 0.3) is 0 Å². The highest BCUT2D eigenvalue weighted by atomic mass is 32.2. The molecule has 13 heavy (non-hydrogen) atoms. The van der Waals surface area contributed by atoms with E-state index in [9.17, 15) is 8.42 Å². The number of thiazole rings is 1. The van der Waals surface area contributed by atoms with E-state index >= 15 is 0 Å². The molecule has 4 nitrogen and oxygen atoms in total. The van der Waals surface area contributed by atoms with Crippen LogP contribution in [0.3, 0.4) is 0 Å². The lowest BCUT2D eigenvalue weighted by Crippen LogP contribution is -1.99. The molecule has 0 saturated heterocycles. The third kappa shape index (κ3) is 3.41. The Bertz CT molecular complexity index is 380. The Balaban J connectivity index is 2.81. The van der Waals surface area contributed by atoms with E-state index in [0.717, 1.165) is 6.26 Å². The fourth-order valence-electron chi connectivity index (χ4n) is 0.809. The monoisotopic (exact) mass is 221 g/mol. The maximum Gasteiger partial charge on any atom is 0.153 e. The fraction of sp³-hybridized carbons (Fsp3) is 0.571. The summed E-state index contributed by atoms with van der Waals surface area (Å²) >= 11 is 1.23. The first-order valence-electron chi connectivity index (χ1n) is 3.69. The zero-order chi connectivity index (χ0) is 10.1. The summed E-state index contributed by atoms with van der Waals surface area (Å²) in [5.74, 6) is -0.0512. The summed E-state index contributed by atoms with van der Waals surface area (Å²) in [4.78, 5) is 4.60. The highest BCUT2D eigenvalue weighted by Crippen LogP contribution is 2.21. The summed E-state index contributed by atoms with van der Waals surface area (Å²) in [6.45, 7) is 1.62. The molecule has 1 unspecified atom stereocenters. The minimum absolute atomic E-state index is 0.0512. The smallest absolute Gasteiger partial charge is 0.153 e. The van der Waals surface area contributed by atoms with Crippen LogP contribution < -0.4 is 0 Å². The Hall–Kier alpha value is -0.460. The number of sulfone groups is 1. The van der Waals surface area contributed by atoms with Gasteiger partial charge in [0, 0.05) is 12.5 Å². The number of hydrogen-bond donors (Lipinski definition) is 1. The molecule has 0 aliphatic heterocycles. The van der Waals surface area contributed by atoms with Crippen molar-refractivity contribution in [1.82, 2.24) is 4.98 Å². The summed E-state index contributed by atoms with van der Waals surface area (Å²) in [5.41, 5.74) is 0. The van der Waals surface area contributed by atoms with E-state index in [2.05, 4.69) is 4.98 Å². The molecule has 1 atom stereocenters. The molecule has 0 aromatic carbocycles. The summed E-state index contributed by atoms with van der Waals surface area (Å²) < 4.78 is 21.8. The summed E-state index contributed by atoms with van der Waals surface area (Å²) in [6, 6.07) is 0. The molecule has 1 rings (SSSR count). The van der Waals surface area contributed by atoms with Crippen molar-refractivity contribution in [2.75, 3.05) is 6.26 Å². The van der Waals surface area contributed by atoms with Crippen LogP contribution in [0.1, 0.15) is 22.9 Å². The quantitative estimate of drug-likeness (QED) is 0.817. The number of aliphatic hydroxyl groups excluding tert-OH is 1.